The fourth-order valence-corrected chi connectivity index (χ4v) is 3.26. The topological polar surface area (TPSA) is 58.1 Å². The molecule has 0 atom stereocenters. The van der Waals surface area contributed by atoms with E-state index in [9.17, 15) is 4.79 Å². The van der Waals surface area contributed by atoms with Crippen LogP contribution in [-0.4, -0.2) is 22.6 Å². The highest BCUT2D eigenvalue weighted by Gasteiger charge is 2.26. The van der Waals surface area contributed by atoms with Crippen LogP contribution in [-0.2, 0) is 13.0 Å². The molecule has 0 unspecified atom stereocenters. The Balaban J connectivity index is 1.45. The van der Waals surface area contributed by atoms with Gasteiger partial charge in [-0.05, 0) is 41.8 Å². The van der Waals surface area contributed by atoms with Crippen LogP contribution in [0, 0.1) is 0 Å². The van der Waals surface area contributed by atoms with Gasteiger partial charge in [-0.1, -0.05) is 48.0 Å². The molecule has 0 saturated heterocycles. The summed E-state index contributed by atoms with van der Waals surface area (Å²) in [6.07, 6.45) is 0.868. The molecule has 0 spiro atoms. The van der Waals surface area contributed by atoms with Crippen LogP contribution in [0.15, 0.2) is 60.7 Å². The first-order chi connectivity index (χ1) is 12.7. The molecule has 1 amide bonds. The first-order valence-electron chi connectivity index (χ1n) is 8.43. The minimum Gasteiger partial charge on any atom is -0.364 e. The molecule has 0 saturated carbocycles. The number of hydrogen-bond donors (Lipinski definition) is 1. The van der Waals surface area contributed by atoms with Gasteiger partial charge in [0.05, 0.1) is 0 Å². The molecule has 4 rings (SSSR count). The summed E-state index contributed by atoms with van der Waals surface area (Å²) in [5.41, 5.74) is 3.46. The molecule has 0 fully saturated rings. The van der Waals surface area contributed by atoms with Gasteiger partial charge in [-0.15, -0.1) is 10.2 Å². The molecule has 6 heteroatoms. The van der Waals surface area contributed by atoms with E-state index >= 15 is 0 Å². The molecule has 26 heavy (non-hydrogen) atoms. The molecule has 2 aromatic carbocycles. The zero-order valence-corrected chi connectivity index (χ0v) is 14.8. The van der Waals surface area contributed by atoms with Crippen LogP contribution in [0.4, 0.5) is 11.5 Å². The normalized spacial score (nSPS) is 12.7. The molecule has 1 N–H and O–H groups in total. The Bertz CT molecular complexity index is 943. The quantitative estimate of drug-likeness (QED) is 0.761. The van der Waals surface area contributed by atoms with Crippen molar-refractivity contribution in [2.45, 2.75) is 13.0 Å². The molecule has 1 aromatic heterocycles. The summed E-state index contributed by atoms with van der Waals surface area (Å²) < 4.78 is 0. The van der Waals surface area contributed by atoms with Crippen molar-refractivity contribution in [3.8, 4) is 0 Å². The summed E-state index contributed by atoms with van der Waals surface area (Å²) >= 11 is 6.15. The maximum atomic E-state index is 12.7. The molecule has 1 aliphatic heterocycles. The number of anilines is 2. The largest absolute Gasteiger partial charge is 0.364 e. The molecule has 130 valence electrons. The third-order valence-electron chi connectivity index (χ3n) is 4.43. The Hall–Kier alpha value is -2.92. The highest BCUT2D eigenvalue weighted by Crippen LogP contribution is 2.28. The Morgan fingerprint density at radius 3 is 2.65 bits per heavy atom. The standard InChI is InChI=1S/C20H17ClN4O/c21-16-7-3-1-6-15(16)13-22-19-10-9-17(23-24-19)20(26)25-12-11-14-5-2-4-8-18(14)25/h1-10H,11-13H2,(H,22,24). The molecule has 3 aromatic rings. The predicted molar refractivity (Wildman–Crippen MR) is 103 cm³/mol. The van der Waals surface area contributed by atoms with Gasteiger partial charge in [0.15, 0.2) is 5.69 Å². The highest BCUT2D eigenvalue weighted by atomic mass is 35.5. The average Bonchev–Trinajstić information content (AvgIpc) is 3.11. The van der Waals surface area contributed by atoms with Crippen molar-refractivity contribution in [3.63, 3.8) is 0 Å². The van der Waals surface area contributed by atoms with Gasteiger partial charge in [0.1, 0.15) is 5.82 Å². The van der Waals surface area contributed by atoms with Gasteiger partial charge in [-0.25, -0.2) is 0 Å². The molecule has 0 aliphatic carbocycles. The van der Waals surface area contributed by atoms with Crippen LogP contribution >= 0.6 is 11.6 Å². The summed E-state index contributed by atoms with van der Waals surface area (Å²) in [6.45, 7) is 1.22. The second-order valence-corrected chi connectivity index (χ2v) is 6.49. The van der Waals surface area contributed by atoms with Crippen LogP contribution in [0.3, 0.4) is 0 Å². The van der Waals surface area contributed by atoms with Gasteiger partial charge in [0.2, 0.25) is 0 Å². The van der Waals surface area contributed by atoms with Crippen molar-refractivity contribution >= 4 is 29.0 Å². The van der Waals surface area contributed by atoms with Crippen molar-refractivity contribution < 1.29 is 4.79 Å². The van der Waals surface area contributed by atoms with Crippen LogP contribution in [0.5, 0.6) is 0 Å². The number of nitrogens with one attached hydrogen (secondary N) is 1. The number of hydrogen-bond acceptors (Lipinski definition) is 4. The Kier molecular flexibility index (Phi) is 4.54. The SMILES string of the molecule is O=C(c1ccc(NCc2ccccc2Cl)nn1)N1CCc2ccccc21. The number of fused-ring (bicyclic) bond motifs is 1. The summed E-state index contributed by atoms with van der Waals surface area (Å²) in [5.74, 6) is 0.475. The van der Waals surface area contributed by atoms with E-state index < -0.39 is 0 Å². The minimum atomic E-state index is -0.125. The number of amides is 1. The lowest BCUT2D eigenvalue weighted by Gasteiger charge is -2.16. The van der Waals surface area contributed by atoms with E-state index in [-0.39, 0.29) is 5.91 Å². The van der Waals surface area contributed by atoms with Crippen LogP contribution in [0.25, 0.3) is 0 Å². The second-order valence-electron chi connectivity index (χ2n) is 6.08. The zero-order valence-electron chi connectivity index (χ0n) is 14.0. The van der Waals surface area contributed by atoms with Gasteiger partial charge < -0.3 is 10.2 Å². The van der Waals surface area contributed by atoms with Crippen molar-refractivity contribution in [1.82, 2.24) is 10.2 Å². The number of benzene rings is 2. The lowest BCUT2D eigenvalue weighted by Crippen LogP contribution is -2.29. The lowest BCUT2D eigenvalue weighted by molar-refractivity contribution is 0.0983. The predicted octanol–water partition coefficient (Wildman–Crippen LogP) is 3.95. The van der Waals surface area contributed by atoms with E-state index in [1.165, 1.54) is 5.56 Å². The molecule has 5 nitrogen and oxygen atoms in total. The number of halogens is 1. The molecule has 2 heterocycles. The van der Waals surface area contributed by atoms with E-state index in [2.05, 4.69) is 21.6 Å². The first-order valence-corrected chi connectivity index (χ1v) is 8.81. The number of para-hydroxylation sites is 1. The summed E-state index contributed by atoms with van der Waals surface area (Å²) in [5, 5.41) is 12.1. The summed E-state index contributed by atoms with van der Waals surface area (Å²) in [7, 11) is 0. The van der Waals surface area contributed by atoms with Crippen molar-refractivity contribution in [2.24, 2.45) is 0 Å². The number of aromatic nitrogens is 2. The van der Waals surface area contributed by atoms with E-state index in [1.54, 1.807) is 17.0 Å². The third kappa shape index (κ3) is 3.26. The van der Waals surface area contributed by atoms with E-state index in [1.807, 2.05) is 42.5 Å². The fourth-order valence-electron chi connectivity index (χ4n) is 3.06. The zero-order chi connectivity index (χ0) is 17.9. The Morgan fingerprint density at radius 2 is 1.85 bits per heavy atom. The fraction of sp³-hybridized carbons (Fsp3) is 0.150. The molecular formula is C20H17ClN4O. The molecular weight excluding hydrogens is 348 g/mol. The number of rotatable bonds is 4. The first kappa shape index (κ1) is 16.5. The maximum Gasteiger partial charge on any atom is 0.278 e. The van der Waals surface area contributed by atoms with Crippen LogP contribution in [0.2, 0.25) is 5.02 Å². The number of carbonyl (C=O) groups is 1. The molecule has 0 bridgehead atoms. The van der Waals surface area contributed by atoms with Crippen molar-refractivity contribution in [1.29, 1.82) is 0 Å². The van der Waals surface area contributed by atoms with Crippen molar-refractivity contribution in [2.75, 3.05) is 16.8 Å². The summed E-state index contributed by atoms with van der Waals surface area (Å²) in [6, 6.07) is 19.0. The van der Waals surface area contributed by atoms with Gasteiger partial charge in [0, 0.05) is 23.8 Å². The smallest absolute Gasteiger partial charge is 0.278 e. The Labute approximate surface area is 156 Å². The van der Waals surface area contributed by atoms with Gasteiger partial charge in [-0.2, -0.15) is 0 Å². The maximum absolute atomic E-state index is 12.7. The molecule has 0 radical (unpaired) electrons. The van der Waals surface area contributed by atoms with E-state index in [0.29, 0.717) is 29.6 Å². The number of carbonyl (C=O) groups excluding carboxylic acids is 1. The highest BCUT2D eigenvalue weighted by molar-refractivity contribution is 6.31. The lowest BCUT2D eigenvalue weighted by atomic mass is 10.2. The van der Waals surface area contributed by atoms with Gasteiger partial charge in [-0.3, -0.25) is 4.79 Å². The second kappa shape index (κ2) is 7.14. The summed E-state index contributed by atoms with van der Waals surface area (Å²) in [4.78, 5) is 14.5. The average molecular weight is 365 g/mol. The van der Waals surface area contributed by atoms with Crippen LogP contribution < -0.4 is 10.2 Å². The van der Waals surface area contributed by atoms with Crippen LogP contribution in [0.1, 0.15) is 21.6 Å². The number of nitrogens with zero attached hydrogens (tertiary/aromatic N) is 3. The van der Waals surface area contributed by atoms with Crippen molar-refractivity contribution in [3.05, 3.63) is 82.5 Å². The minimum absolute atomic E-state index is 0.125. The Morgan fingerprint density at radius 1 is 1.04 bits per heavy atom. The monoisotopic (exact) mass is 364 g/mol. The van der Waals surface area contributed by atoms with E-state index in [0.717, 1.165) is 17.7 Å². The molecule has 1 aliphatic rings. The van der Waals surface area contributed by atoms with Gasteiger partial charge >= 0.3 is 0 Å². The third-order valence-corrected chi connectivity index (χ3v) is 4.80. The van der Waals surface area contributed by atoms with E-state index in [4.69, 9.17) is 11.6 Å². The van der Waals surface area contributed by atoms with Gasteiger partial charge in [0.25, 0.3) is 5.91 Å².